The molecule has 36 heavy (non-hydrogen) atoms. The molecular weight excluding hydrogens is 463 g/mol. The molecule has 0 saturated carbocycles. The molecule has 0 bridgehead atoms. The van der Waals surface area contributed by atoms with Gasteiger partial charge in [0.2, 0.25) is 0 Å². The number of aromatic nitrogens is 1. The number of carbonyl (C=O) groups excluding carboxylic acids is 2. The summed E-state index contributed by atoms with van der Waals surface area (Å²) in [4.78, 5) is 35.5. The van der Waals surface area contributed by atoms with Crippen LogP contribution >= 0.6 is 0 Å². The lowest BCUT2D eigenvalue weighted by molar-refractivity contribution is -0.133. The van der Waals surface area contributed by atoms with Gasteiger partial charge < -0.3 is 14.8 Å². The number of aromatic amines is 1. The first-order chi connectivity index (χ1) is 17.2. The van der Waals surface area contributed by atoms with Crippen molar-refractivity contribution in [2.75, 3.05) is 33.8 Å². The first-order valence-electron chi connectivity index (χ1n) is 11.6. The number of likely N-dealkylation sites (N-methyl/N-ethyl adjacent to an activating group) is 1. The van der Waals surface area contributed by atoms with E-state index in [1.54, 1.807) is 36.1 Å². The Morgan fingerprint density at radius 1 is 1.33 bits per heavy atom. The normalized spacial score (nSPS) is 21.2. The fourth-order valence-electron chi connectivity index (χ4n) is 5.45. The number of benzene rings is 2. The van der Waals surface area contributed by atoms with Gasteiger partial charge in [0.25, 0.3) is 5.91 Å². The van der Waals surface area contributed by atoms with Crippen LogP contribution in [0, 0.1) is 18.2 Å². The van der Waals surface area contributed by atoms with E-state index in [0.717, 1.165) is 0 Å². The third-order valence-electron chi connectivity index (χ3n) is 7.20. The van der Waals surface area contributed by atoms with E-state index in [4.69, 9.17) is 11.2 Å². The Morgan fingerprint density at radius 3 is 2.81 bits per heavy atom. The monoisotopic (exact) mass is 490 g/mol. The van der Waals surface area contributed by atoms with Crippen molar-refractivity contribution < 1.29 is 23.8 Å². The summed E-state index contributed by atoms with van der Waals surface area (Å²) < 4.78 is 20.7. The summed E-state index contributed by atoms with van der Waals surface area (Å²) in [6.07, 6.45) is 5.51. The molecule has 0 radical (unpaired) electrons. The molecule has 3 amide bonds. The minimum atomic E-state index is -1.25. The molecule has 0 spiro atoms. The molecule has 2 aromatic carbocycles. The van der Waals surface area contributed by atoms with Gasteiger partial charge in [-0.05, 0) is 49.4 Å². The molecule has 2 aliphatic heterocycles. The van der Waals surface area contributed by atoms with E-state index in [1.165, 1.54) is 24.1 Å². The number of aromatic hydroxyl groups is 1. The van der Waals surface area contributed by atoms with Gasteiger partial charge >= 0.3 is 6.03 Å². The van der Waals surface area contributed by atoms with E-state index in [2.05, 4.69) is 10.9 Å². The number of halogens is 1. The maximum Gasteiger partial charge on any atom is 0.328 e. The quantitative estimate of drug-likeness (QED) is 0.409. The van der Waals surface area contributed by atoms with E-state index in [1.807, 2.05) is 11.9 Å². The predicted octanol–water partition coefficient (Wildman–Crippen LogP) is 3.25. The topological polar surface area (TPSA) is 89.1 Å². The summed E-state index contributed by atoms with van der Waals surface area (Å²) in [6, 6.07) is 8.63. The van der Waals surface area contributed by atoms with Crippen LogP contribution in [0.15, 0.2) is 36.4 Å². The summed E-state index contributed by atoms with van der Waals surface area (Å²) in [5.74, 6) is 1.79. The van der Waals surface area contributed by atoms with Crippen LogP contribution in [0.25, 0.3) is 10.9 Å². The van der Waals surface area contributed by atoms with Crippen molar-refractivity contribution in [3.8, 4) is 23.8 Å². The number of terminal acetylenes is 1. The van der Waals surface area contributed by atoms with Gasteiger partial charge in [-0.25, -0.2) is 9.18 Å². The average molecular weight is 491 g/mol. The molecule has 3 heterocycles. The maximum atomic E-state index is 15.5. The number of fused-ring (bicyclic) bond motifs is 4. The maximum absolute atomic E-state index is 15.5. The second kappa shape index (κ2) is 8.57. The van der Waals surface area contributed by atoms with Crippen LogP contribution in [-0.4, -0.2) is 76.1 Å². The fraction of sp³-hybridized carbons (Fsp3) is 0.333. The lowest BCUT2D eigenvalue weighted by Crippen LogP contribution is -2.53. The summed E-state index contributed by atoms with van der Waals surface area (Å²) in [5.41, 5.74) is 1.11. The number of nitrogens with one attached hydrogen (secondary N) is 1. The fourth-order valence-corrected chi connectivity index (χ4v) is 5.45. The summed E-state index contributed by atoms with van der Waals surface area (Å²) >= 11 is 0. The number of hydrogen-bond acceptors (Lipinski definition) is 5. The number of imide groups is 1. The van der Waals surface area contributed by atoms with Crippen LogP contribution in [0.3, 0.4) is 0 Å². The number of carbonyl (C=O) groups is 2. The Morgan fingerprint density at radius 2 is 2.11 bits per heavy atom. The number of rotatable bonds is 6. The highest BCUT2D eigenvalue weighted by molar-refractivity contribution is 6.08. The lowest BCUT2D eigenvalue weighted by atomic mass is 9.81. The standard InChI is InChI=1S/C27H27FN4O4/c1-5-11-30(3)12-13-31-25(34)27(2)15-18-21-19(9-10-20(36-4)22(21)28)29-23(18)24(32(27)26(31)35)16-7-6-8-17(33)14-16/h1,6-10,14,24,29,33H,11-13,15H2,2-4H3. The molecule has 1 saturated heterocycles. The molecule has 8 nitrogen and oxygen atoms in total. The van der Waals surface area contributed by atoms with Gasteiger partial charge in [-0.1, -0.05) is 18.1 Å². The van der Waals surface area contributed by atoms with Crippen LogP contribution in [-0.2, 0) is 11.2 Å². The molecule has 1 aromatic heterocycles. The zero-order valence-corrected chi connectivity index (χ0v) is 20.3. The van der Waals surface area contributed by atoms with Crippen LogP contribution in [0.1, 0.15) is 29.8 Å². The third kappa shape index (κ3) is 3.40. The van der Waals surface area contributed by atoms with Gasteiger partial charge in [-0.2, -0.15) is 0 Å². The van der Waals surface area contributed by atoms with E-state index in [0.29, 0.717) is 40.8 Å². The summed E-state index contributed by atoms with van der Waals surface area (Å²) in [5, 5.41) is 10.6. The summed E-state index contributed by atoms with van der Waals surface area (Å²) in [6.45, 7) is 2.70. The number of methoxy groups -OCH3 is 1. The summed E-state index contributed by atoms with van der Waals surface area (Å²) in [7, 11) is 3.22. The highest BCUT2D eigenvalue weighted by Gasteiger charge is 2.60. The molecule has 2 aliphatic rings. The zero-order chi connectivity index (χ0) is 25.8. The number of urea groups is 1. The van der Waals surface area contributed by atoms with E-state index in [9.17, 15) is 14.7 Å². The van der Waals surface area contributed by atoms with Gasteiger partial charge in [0.1, 0.15) is 17.3 Å². The zero-order valence-electron chi connectivity index (χ0n) is 20.3. The Labute approximate surface area is 208 Å². The molecule has 3 aromatic rings. The molecule has 9 heteroatoms. The van der Waals surface area contributed by atoms with Gasteiger partial charge in [0.05, 0.1) is 13.7 Å². The number of phenols is 1. The number of H-pyrrole nitrogens is 1. The minimum absolute atomic E-state index is 0.0241. The van der Waals surface area contributed by atoms with Crippen LogP contribution in [0.5, 0.6) is 11.5 Å². The second-order valence-corrected chi connectivity index (χ2v) is 9.52. The number of hydrogen-bond donors (Lipinski definition) is 2. The number of phenolic OH excluding ortho intramolecular Hbond substituents is 1. The van der Waals surface area contributed by atoms with Gasteiger partial charge in [-0.3, -0.25) is 19.5 Å². The highest BCUT2D eigenvalue weighted by atomic mass is 19.1. The molecule has 0 aliphatic carbocycles. The van der Waals surface area contributed by atoms with E-state index >= 15 is 4.39 Å². The SMILES string of the molecule is C#CCN(C)CCN1C(=O)N2C(c3cccc(O)c3)c3[nH]c4ccc(OC)c(F)c4c3CC2(C)C1=O. The molecule has 186 valence electrons. The Bertz CT molecular complexity index is 1430. The number of amides is 3. The Balaban J connectivity index is 1.68. The van der Waals surface area contributed by atoms with Gasteiger partial charge in [0.15, 0.2) is 11.6 Å². The number of ether oxygens (including phenoxy) is 1. The molecule has 2 unspecified atom stereocenters. The van der Waals surface area contributed by atoms with E-state index < -0.39 is 23.4 Å². The average Bonchev–Trinajstić information content (AvgIpc) is 3.29. The van der Waals surface area contributed by atoms with Gasteiger partial charge in [-0.15, -0.1) is 6.42 Å². The van der Waals surface area contributed by atoms with E-state index in [-0.39, 0.29) is 30.4 Å². The van der Waals surface area contributed by atoms with Crippen molar-refractivity contribution in [2.24, 2.45) is 0 Å². The van der Waals surface area contributed by atoms with Crippen molar-refractivity contribution in [3.05, 3.63) is 59.0 Å². The van der Waals surface area contributed by atoms with Gasteiger partial charge in [0, 0.05) is 36.1 Å². The first kappa shape index (κ1) is 23.7. The second-order valence-electron chi connectivity index (χ2n) is 9.52. The Kier molecular flexibility index (Phi) is 5.64. The first-order valence-corrected chi connectivity index (χ1v) is 11.6. The van der Waals surface area contributed by atoms with Crippen molar-refractivity contribution in [1.82, 2.24) is 19.7 Å². The van der Waals surface area contributed by atoms with Crippen molar-refractivity contribution in [1.29, 1.82) is 0 Å². The van der Waals surface area contributed by atoms with Crippen molar-refractivity contribution in [2.45, 2.75) is 24.9 Å². The largest absolute Gasteiger partial charge is 0.508 e. The van der Waals surface area contributed by atoms with Crippen LogP contribution in [0.4, 0.5) is 9.18 Å². The van der Waals surface area contributed by atoms with Crippen molar-refractivity contribution in [3.63, 3.8) is 0 Å². The molecule has 2 atom stereocenters. The lowest BCUT2D eigenvalue weighted by Gasteiger charge is -2.42. The van der Waals surface area contributed by atoms with Crippen molar-refractivity contribution >= 4 is 22.8 Å². The highest BCUT2D eigenvalue weighted by Crippen LogP contribution is 2.49. The van der Waals surface area contributed by atoms with Crippen LogP contribution < -0.4 is 4.74 Å². The number of nitrogens with zero attached hydrogens (tertiary/aromatic N) is 3. The molecule has 2 N–H and O–H groups in total. The smallest absolute Gasteiger partial charge is 0.328 e. The predicted molar refractivity (Wildman–Crippen MR) is 132 cm³/mol. The molecule has 1 fully saturated rings. The third-order valence-corrected chi connectivity index (χ3v) is 7.20. The molecular formula is C27H27FN4O4. The molecule has 5 rings (SSSR count). The van der Waals surface area contributed by atoms with Crippen LogP contribution in [0.2, 0.25) is 0 Å². The Hall–Kier alpha value is -4.03. The minimum Gasteiger partial charge on any atom is -0.508 e.